The van der Waals surface area contributed by atoms with Crippen molar-refractivity contribution in [3.63, 3.8) is 0 Å². The van der Waals surface area contributed by atoms with Gasteiger partial charge in [-0.3, -0.25) is 4.79 Å². The Morgan fingerprint density at radius 2 is 2.33 bits per heavy atom. The van der Waals surface area contributed by atoms with Crippen molar-refractivity contribution in [2.45, 2.75) is 24.0 Å². The van der Waals surface area contributed by atoms with Crippen LogP contribution in [0.15, 0.2) is 27.2 Å². The first-order chi connectivity index (χ1) is 11.5. The number of nitrogens with zero attached hydrogens (tertiary/aromatic N) is 2. The lowest BCUT2D eigenvalue weighted by Gasteiger charge is -2.02. The first-order valence-electron chi connectivity index (χ1n) is 7.47. The fourth-order valence-electron chi connectivity index (χ4n) is 2.39. The summed E-state index contributed by atoms with van der Waals surface area (Å²) in [5.74, 6) is 0.431. The molecule has 0 spiro atoms. The molecule has 7 nitrogen and oxygen atoms in total. The van der Waals surface area contributed by atoms with Crippen LogP contribution in [0.2, 0.25) is 0 Å². The van der Waals surface area contributed by atoms with E-state index >= 15 is 0 Å². The number of carbonyl (C=O) groups excluding carboxylic acids is 1. The summed E-state index contributed by atoms with van der Waals surface area (Å²) in [6, 6.07) is 4.02. The molecule has 1 N–H and O–H groups in total. The van der Waals surface area contributed by atoms with Crippen molar-refractivity contribution in [3.05, 3.63) is 28.3 Å². The van der Waals surface area contributed by atoms with Gasteiger partial charge < -0.3 is 9.73 Å². The molecule has 0 bridgehead atoms. The van der Waals surface area contributed by atoms with E-state index in [1.54, 1.807) is 11.3 Å². The van der Waals surface area contributed by atoms with E-state index in [2.05, 4.69) is 15.5 Å². The van der Waals surface area contributed by atoms with Crippen LogP contribution in [-0.4, -0.2) is 48.3 Å². The summed E-state index contributed by atoms with van der Waals surface area (Å²) in [7, 11) is -2.99. The van der Waals surface area contributed by atoms with E-state index in [1.165, 1.54) is 4.88 Å². The van der Waals surface area contributed by atoms with Crippen LogP contribution in [0.1, 0.15) is 23.1 Å². The molecule has 2 aromatic rings. The Kier molecular flexibility index (Phi) is 5.57. The zero-order valence-corrected chi connectivity index (χ0v) is 15.3. The summed E-state index contributed by atoms with van der Waals surface area (Å²) >= 11 is 2.82. The molecule has 0 unspecified atom stereocenters. The lowest BCUT2D eigenvalue weighted by Crippen LogP contribution is -2.27. The van der Waals surface area contributed by atoms with E-state index in [0.717, 1.165) is 18.2 Å². The number of thiophene rings is 1. The number of hydrogen-bond donors (Lipinski definition) is 1. The number of carbonyl (C=O) groups is 1. The molecule has 3 rings (SSSR count). The Morgan fingerprint density at radius 1 is 1.46 bits per heavy atom. The number of rotatable bonds is 7. The zero-order valence-electron chi connectivity index (χ0n) is 12.8. The maximum atomic E-state index is 11.8. The third-order valence-corrected chi connectivity index (χ3v) is 7.13. The van der Waals surface area contributed by atoms with Crippen molar-refractivity contribution in [3.8, 4) is 0 Å². The molecule has 1 amide bonds. The Bertz CT molecular complexity index is 786. The molecule has 1 fully saturated rings. The number of aromatic nitrogens is 2. The van der Waals surface area contributed by atoms with Crippen LogP contribution in [0.25, 0.3) is 0 Å². The number of nitrogens with one attached hydrogen (secondary N) is 1. The smallest absolute Gasteiger partial charge is 0.277 e. The van der Waals surface area contributed by atoms with Crippen LogP contribution in [0.4, 0.5) is 0 Å². The van der Waals surface area contributed by atoms with Gasteiger partial charge in [-0.25, -0.2) is 8.42 Å². The molecule has 1 saturated heterocycles. The van der Waals surface area contributed by atoms with E-state index in [0.29, 0.717) is 24.1 Å². The van der Waals surface area contributed by atoms with Gasteiger partial charge >= 0.3 is 0 Å². The largest absolute Gasteiger partial charge is 0.416 e. The second kappa shape index (κ2) is 7.66. The van der Waals surface area contributed by atoms with Gasteiger partial charge in [0.1, 0.15) is 0 Å². The topological polar surface area (TPSA) is 102 Å². The summed E-state index contributed by atoms with van der Waals surface area (Å²) in [6.07, 6.45) is 1.33. The molecule has 0 aliphatic carbocycles. The lowest BCUT2D eigenvalue weighted by molar-refractivity contribution is -0.118. The molecule has 1 aliphatic rings. The van der Waals surface area contributed by atoms with Crippen LogP contribution in [-0.2, 0) is 21.1 Å². The van der Waals surface area contributed by atoms with Crippen LogP contribution >= 0.6 is 23.1 Å². The summed E-state index contributed by atoms with van der Waals surface area (Å²) in [6.45, 7) is 0.592. The number of sulfone groups is 1. The second-order valence-electron chi connectivity index (χ2n) is 5.47. The maximum Gasteiger partial charge on any atom is 0.277 e. The molecule has 130 valence electrons. The zero-order chi connectivity index (χ0) is 17.0. The molecular formula is C14H17N3O4S3. The molecule has 0 saturated carbocycles. The number of hydrogen-bond acceptors (Lipinski definition) is 8. The maximum absolute atomic E-state index is 11.8. The summed E-state index contributed by atoms with van der Waals surface area (Å²) in [4.78, 5) is 13.0. The van der Waals surface area contributed by atoms with Gasteiger partial charge in [0.25, 0.3) is 5.22 Å². The van der Waals surface area contributed by atoms with Gasteiger partial charge in [-0.1, -0.05) is 17.8 Å². The first kappa shape index (κ1) is 17.4. The monoisotopic (exact) mass is 387 g/mol. The highest BCUT2D eigenvalue weighted by molar-refractivity contribution is 7.99. The lowest BCUT2D eigenvalue weighted by atomic mass is 10.1. The molecule has 24 heavy (non-hydrogen) atoms. The van der Waals surface area contributed by atoms with E-state index in [-0.39, 0.29) is 29.1 Å². The fourth-order valence-corrected chi connectivity index (χ4v) is 5.43. The predicted octanol–water partition coefficient (Wildman–Crippen LogP) is 1.48. The summed E-state index contributed by atoms with van der Waals surface area (Å²) < 4.78 is 28.4. The van der Waals surface area contributed by atoms with E-state index in [4.69, 9.17) is 4.42 Å². The van der Waals surface area contributed by atoms with Crippen LogP contribution in [0.5, 0.6) is 0 Å². The number of thioether (sulfide) groups is 1. The highest BCUT2D eigenvalue weighted by atomic mass is 32.2. The Balaban J connectivity index is 1.41. The van der Waals surface area contributed by atoms with Crippen molar-refractivity contribution in [2.75, 3.05) is 23.8 Å². The van der Waals surface area contributed by atoms with Gasteiger partial charge in [0, 0.05) is 11.4 Å². The Labute approximate surface area is 148 Å². The normalized spacial score (nSPS) is 19.4. The molecule has 1 atom stereocenters. The van der Waals surface area contributed by atoms with Crippen molar-refractivity contribution in [1.82, 2.24) is 15.5 Å². The minimum Gasteiger partial charge on any atom is -0.416 e. The second-order valence-corrected chi connectivity index (χ2v) is 9.66. The molecule has 0 aromatic carbocycles. The Morgan fingerprint density at radius 3 is 3.04 bits per heavy atom. The average molecular weight is 388 g/mol. The minimum atomic E-state index is -2.99. The quantitative estimate of drug-likeness (QED) is 0.718. The van der Waals surface area contributed by atoms with Gasteiger partial charge in [0.05, 0.1) is 23.2 Å². The molecule has 10 heteroatoms. The van der Waals surface area contributed by atoms with Gasteiger partial charge in [-0.2, -0.15) is 0 Å². The molecular weight excluding hydrogens is 370 g/mol. The van der Waals surface area contributed by atoms with E-state index < -0.39 is 9.84 Å². The van der Waals surface area contributed by atoms with E-state index in [1.807, 2.05) is 17.5 Å². The first-order valence-corrected chi connectivity index (χ1v) is 11.2. The predicted molar refractivity (Wildman–Crippen MR) is 92.1 cm³/mol. The van der Waals surface area contributed by atoms with E-state index in [9.17, 15) is 13.2 Å². The third kappa shape index (κ3) is 4.81. The van der Waals surface area contributed by atoms with Crippen molar-refractivity contribution < 1.29 is 17.6 Å². The average Bonchev–Trinajstić information content (AvgIpc) is 3.25. The van der Waals surface area contributed by atoms with Crippen LogP contribution in [0, 0.1) is 0 Å². The highest BCUT2D eigenvalue weighted by Crippen LogP contribution is 2.29. The van der Waals surface area contributed by atoms with Crippen molar-refractivity contribution in [2.24, 2.45) is 0 Å². The van der Waals surface area contributed by atoms with Crippen molar-refractivity contribution in [1.29, 1.82) is 0 Å². The van der Waals surface area contributed by atoms with Crippen LogP contribution < -0.4 is 5.32 Å². The highest BCUT2D eigenvalue weighted by Gasteiger charge is 2.32. The summed E-state index contributed by atoms with van der Waals surface area (Å²) in [5.41, 5.74) is 0. The standard InChI is InChI=1S/C14H17N3O4S3/c18-12(15-5-3-11-2-1-6-22-11)8-23-14-17-16-13(21-14)10-4-7-24(19,20)9-10/h1-2,6,10H,3-5,7-9H2,(H,15,18)/t10-/m1/s1. The van der Waals surface area contributed by atoms with Gasteiger partial charge in [0.2, 0.25) is 11.8 Å². The molecule has 3 heterocycles. The van der Waals surface area contributed by atoms with Gasteiger partial charge in [-0.05, 0) is 24.3 Å². The fraction of sp³-hybridized carbons (Fsp3) is 0.500. The SMILES string of the molecule is O=C(CSc1nnc([C@@H]2CCS(=O)(=O)C2)o1)NCCc1cccs1. The summed E-state index contributed by atoms with van der Waals surface area (Å²) in [5, 5.41) is 12.9. The molecule has 1 aliphatic heterocycles. The third-order valence-electron chi connectivity index (χ3n) is 3.60. The number of amides is 1. The minimum absolute atomic E-state index is 0.0580. The van der Waals surface area contributed by atoms with Gasteiger partial charge in [-0.15, -0.1) is 21.5 Å². The molecule has 0 radical (unpaired) electrons. The Hall–Kier alpha value is -1.39. The van der Waals surface area contributed by atoms with Crippen LogP contribution in [0.3, 0.4) is 0 Å². The van der Waals surface area contributed by atoms with Crippen molar-refractivity contribution >= 4 is 38.8 Å². The molecule has 2 aromatic heterocycles. The van der Waals surface area contributed by atoms with Gasteiger partial charge in [0.15, 0.2) is 9.84 Å².